The van der Waals surface area contributed by atoms with Crippen LogP contribution in [0.1, 0.15) is 11.4 Å². The lowest BCUT2D eigenvalue weighted by molar-refractivity contribution is 0.384. The minimum atomic E-state index is 0.379. The molecule has 0 aliphatic heterocycles. The van der Waals surface area contributed by atoms with Gasteiger partial charge in [0.1, 0.15) is 5.82 Å². The average Bonchev–Trinajstić information content (AvgIpc) is 2.72. The van der Waals surface area contributed by atoms with Gasteiger partial charge in [-0.25, -0.2) is 4.98 Å². The lowest BCUT2D eigenvalue weighted by Gasteiger charge is -2.12. The van der Waals surface area contributed by atoms with Gasteiger partial charge in [0.25, 0.3) is 0 Å². The van der Waals surface area contributed by atoms with Gasteiger partial charge in [0.2, 0.25) is 0 Å². The summed E-state index contributed by atoms with van der Waals surface area (Å²) >= 11 is 5.93. The first-order chi connectivity index (χ1) is 8.65. The number of imidazole rings is 1. The molecule has 2 aromatic rings. The van der Waals surface area contributed by atoms with Crippen molar-refractivity contribution in [3.05, 3.63) is 29.6 Å². The van der Waals surface area contributed by atoms with Gasteiger partial charge in [-0.1, -0.05) is 0 Å². The second kappa shape index (κ2) is 5.38. The maximum atomic E-state index is 8.96. The first-order valence-electron chi connectivity index (χ1n) is 5.75. The molecule has 0 bridgehead atoms. The van der Waals surface area contributed by atoms with Gasteiger partial charge in [-0.2, -0.15) is 5.26 Å². The van der Waals surface area contributed by atoms with Crippen LogP contribution in [-0.2, 0) is 12.4 Å². The molecule has 0 atom stereocenters. The van der Waals surface area contributed by atoms with Gasteiger partial charge in [-0.3, -0.25) is 0 Å². The van der Waals surface area contributed by atoms with Gasteiger partial charge >= 0.3 is 0 Å². The number of halogens is 1. The first-order valence-corrected chi connectivity index (χ1v) is 6.29. The Bertz CT molecular complexity index is 595. The summed E-state index contributed by atoms with van der Waals surface area (Å²) in [5.74, 6) is 1.23. The second-order valence-electron chi connectivity index (χ2n) is 4.43. The Morgan fingerprint density at radius 2 is 2.22 bits per heavy atom. The zero-order chi connectivity index (χ0) is 13.1. The molecule has 0 N–H and O–H groups in total. The molecular weight excluding hydrogens is 248 g/mol. The number of nitrogens with zero attached hydrogens (tertiary/aromatic N) is 4. The molecular formula is C13H15ClN4. The molecule has 0 saturated heterocycles. The lowest BCUT2D eigenvalue weighted by atomic mass is 10.2. The molecule has 5 heteroatoms. The molecule has 0 aliphatic rings. The molecule has 0 radical (unpaired) electrons. The van der Waals surface area contributed by atoms with Gasteiger partial charge in [0.05, 0.1) is 28.5 Å². The average molecular weight is 263 g/mol. The van der Waals surface area contributed by atoms with Gasteiger partial charge in [0, 0.05) is 13.1 Å². The van der Waals surface area contributed by atoms with E-state index in [1.165, 1.54) is 0 Å². The third-order valence-corrected chi connectivity index (χ3v) is 3.09. The highest BCUT2D eigenvalue weighted by atomic mass is 35.5. The molecule has 0 spiro atoms. The summed E-state index contributed by atoms with van der Waals surface area (Å²) in [5.41, 5.74) is 2.52. The fraction of sp³-hybridized carbons (Fsp3) is 0.385. The summed E-state index contributed by atoms with van der Waals surface area (Å²) in [7, 11) is 4.06. The van der Waals surface area contributed by atoms with Crippen LogP contribution < -0.4 is 0 Å². The summed E-state index contributed by atoms with van der Waals surface area (Å²) in [6.45, 7) is 1.73. The first kappa shape index (κ1) is 12.9. The van der Waals surface area contributed by atoms with Gasteiger partial charge in [-0.15, -0.1) is 11.6 Å². The Hall–Kier alpha value is -1.57. The Kier molecular flexibility index (Phi) is 3.85. The molecule has 0 saturated carbocycles. The van der Waals surface area contributed by atoms with Crippen LogP contribution in [0, 0.1) is 11.3 Å². The van der Waals surface area contributed by atoms with E-state index in [0.717, 1.165) is 29.9 Å². The van der Waals surface area contributed by atoms with Crippen molar-refractivity contribution in [2.45, 2.75) is 12.4 Å². The highest BCUT2D eigenvalue weighted by Crippen LogP contribution is 2.19. The van der Waals surface area contributed by atoms with Gasteiger partial charge in [-0.05, 0) is 32.3 Å². The molecule has 0 fully saturated rings. The van der Waals surface area contributed by atoms with E-state index in [0.29, 0.717) is 11.4 Å². The molecule has 0 unspecified atom stereocenters. The number of likely N-dealkylation sites (N-methyl/N-ethyl adjacent to an activating group) is 1. The van der Waals surface area contributed by atoms with E-state index in [9.17, 15) is 0 Å². The van der Waals surface area contributed by atoms with Gasteiger partial charge < -0.3 is 9.47 Å². The van der Waals surface area contributed by atoms with Crippen LogP contribution in [0.3, 0.4) is 0 Å². The minimum Gasteiger partial charge on any atom is -0.326 e. The third kappa shape index (κ3) is 2.47. The largest absolute Gasteiger partial charge is 0.326 e. The maximum Gasteiger partial charge on any atom is 0.124 e. The van der Waals surface area contributed by atoms with E-state index in [-0.39, 0.29) is 0 Å². The predicted octanol–water partition coefficient (Wildman–Crippen LogP) is 2.21. The smallest absolute Gasteiger partial charge is 0.124 e. The summed E-state index contributed by atoms with van der Waals surface area (Å²) < 4.78 is 2.09. The van der Waals surface area contributed by atoms with Crippen LogP contribution in [0.25, 0.3) is 11.0 Å². The Labute approximate surface area is 111 Å². The van der Waals surface area contributed by atoms with E-state index in [1.54, 1.807) is 6.07 Å². The predicted molar refractivity (Wildman–Crippen MR) is 72.6 cm³/mol. The molecule has 4 nitrogen and oxygen atoms in total. The number of hydrogen-bond donors (Lipinski definition) is 0. The normalized spacial score (nSPS) is 11.1. The number of hydrogen-bond acceptors (Lipinski definition) is 3. The van der Waals surface area contributed by atoms with E-state index >= 15 is 0 Å². The van der Waals surface area contributed by atoms with E-state index in [4.69, 9.17) is 16.9 Å². The van der Waals surface area contributed by atoms with Crippen LogP contribution in [0.4, 0.5) is 0 Å². The standard InChI is InChI=1S/C13H15ClN4/c1-17(2)5-6-18-12-7-10(9-15)3-4-11(12)16-13(18)8-14/h3-4,7H,5-6,8H2,1-2H3. The quantitative estimate of drug-likeness (QED) is 0.794. The van der Waals surface area contributed by atoms with Crippen molar-refractivity contribution in [3.8, 4) is 6.07 Å². The molecule has 94 valence electrons. The maximum absolute atomic E-state index is 8.96. The molecule has 1 heterocycles. The number of fused-ring (bicyclic) bond motifs is 1. The Morgan fingerprint density at radius 3 is 2.83 bits per heavy atom. The zero-order valence-corrected chi connectivity index (χ0v) is 11.3. The zero-order valence-electron chi connectivity index (χ0n) is 10.5. The van der Waals surface area contributed by atoms with E-state index in [1.807, 2.05) is 26.2 Å². The highest BCUT2D eigenvalue weighted by molar-refractivity contribution is 6.16. The van der Waals surface area contributed by atoms with E-state index in [2.05, 4.69) is 20.5 Å². The fourth-order valence-electron chi connectivity index (χ4n) is 1.89. The van der Waals surface area contributed by atoms with Crippen LogP contribution in [0.2, 0.25) is 0 Å². The molecule has 18 heavy (non-hydrogen) atoms. The number of nitriles is 1. The number of alkyl halides is 1. The van der Waals surface area contributed by atoms with Crippen LogP contribution >= 0.6 is 11.6 Å². The van der Waals surface area contributed by atoms with Crippen LogP contribution in [-0.4, -0.2) is 35.1 Å². The van der Waals surface area contributed by atoms with Crippen LogP contribution in [0.15, 0.2) is 18.2 Å². The van der Waals surface area contributed by atoms with Crippen molar-refractivity contribution >= 4 is 22.6 Å². The lowest BCUT2D eigenvalue weighted by Crippen LogP contribution is -2.19. The topological polar surface area (TPSA) is 44.9 Å². The SMILES string of the molecule is CN(C)CCn1c(CCl)nc2ccc(C#N)cc21. The minimum absolute atomic E-state index is 0.379. The molecule has 0 aliphatic carbocycles. The summed E-state index contributed by atoms with van der Waals surface area (Å²) in [4.78, 5) is 6.60. The van der Waals surface area contributed by atoms with Crippen molar-refractivity contribution in [3.63, 3.8) is 0 Å². The highest BCUT2D eigenvalue weighted by Gasteiger charge is 2.10. The molecule has 1 aromatic heterocycles. The van der Waals surface area contributed by atoms with Crippen molar-refractivity contribution in [1.82, 2.24) is 14.5 Å². The van der Waals surface area contributed by atoms with Crippen molar-refractivity contribution in [1.29, 1.82) is 5.26 Å². The monoisotopic (exact) mass is 262 g/mol. The number of aromatic nitrogens is 2. The van der Waals surface area contributed by atoms with Gasteiger partial charge in [0.15, 0.2) is 0 Å². The van der Waals surface area contributed by atoms with E-state index < -0.39 is 0 Å². The number of benzene rings is 1. The van der Waals surface area contributed by atoms with Crippen molar-refractivity contribution in [2.75, 3.05) is 20.6 Å². The summed E-state index contributed by atoms with van der Waals surface area (Å²) in [5, 5.41) is 8.96. The summed E-state index contributed by atoms with van der Waals surface area (Å²) in [6, 6.07) is 7.68. The molecule has 2 rings (SSSR count). The second-order valence-corrected chi connectivity index (χ2v) is 4.70. The molecule has 1 aromatic carbocycles. The third-order valence-electron chi connectivity index (χ3n) is 2.85. The fourth-order valence-corrected chi connectivity index (χ4v) is 2.10. The Morgan fingerprint density at radius 1 is 1.44 bits per heavy atom. The number of rotatable bonds is 4. The van der Waals surface area contributed by atoms with Crippen molar-refractivity contribution < 1.29 is 0 Å². The van der Waals surface area contributed by atoms with Crippen LogP contribution in [0.5, 0.6) is 0 Å². The Balaban J connectivity index is 2.49. The molecule has 0 amide bonds. The summed E-state index contributed by atoms with van der Waals surface area (Å²) in [6.07, 6.45) is 0. The van der Waals surface area contributed by atoms with Crippen molar-refractivity contribution in [2.24, 2.45) is 0 Å².